The second-order valence-corrected chi connectivity index (χ2v) is 6.07. The molecule has 2 aromatic carbocycles. The molecule has 3 nitrogen and oxygen atoms in total. The van der Waals surface area contributed by atoms with Gasteiger partial charge < -0.3 is 0 Å². The minimum Gasteiger partial charge on any atom is -0.0859 e. The molecule has 0 saturated carbocycles. The molecule has 4 rings (SSSR count). The third-order valence-electron chi connectivity index (χ3n) is 4.80. The summed E-state index contributed by atoms with van der Waals surface area (Å²) in [6.07, 6.45) is 6.47. The molecule has 2 aliphatic rings. The number of azide groups is 1. The number of hydrogen-bond donors (Lipinski definition) is 0. The summed E-state index contributed by atoms with van der Waals surface area (Å²) in [7, 11) is 0. The van der Waals surface area contributed by atoms with Gasteiger partial charge >= 0.3 is 0 Å². The van der Waals surface area contributed by atoms with Gasteiger partial charge in [0.05, 0.1) is 6.04 Å². The molecule has 0 saturated heterocycles. The molecule has 0 fully saturated rings. The van der Waals surface area contributed by atoms with Gasteiger partial charge in [-0.2, -0.15) is 0 Å². The molecule has 0 radical (unpaired) electrons. The van der Waals surface area contributed by atoms with Crippen LogP contribution in [0.5, 0.6) is 0 Å². The molecule has 2 aliphatic carbocycles. The van der Waals surface area contributed by atoms with Gasteiger partial charge in [0.25, 0.3) is 0 Å². The van der Waals surface area contributed by atoms with E-state index >= 15 is 0 Å². The van der Waals surface area contributed by atoms with E-state index in [9.17, 15) is 0 Å². The Bertz CT molecular complexity index is 869. The molecule has 22 heavy (non-hydrogen) atoms. The minimum atomic E-state index is -0.0212. The predicted octanol–water partition coefficient (Wildman–Crippen LogP) is 5.74. The Balaban J connectivity index is 1.97. The number of hydrogen-bond acceptors (Lipinski definition) is 1. The van der Waals surface area contributed by atoms with Crippen molar-refractivity contribution < 1.29 is 0 Å². The zero-order valence-corrected chi connectivity index (χ0v) is 12.5. The van der Waals surface area contributed by atoms with Crippen LogP contribution in [0.15, 0.2) is 59.2 Å². The lowest BCUT2D eigenvalue weighted by molar-refractivity contribution is 0.684. The van der Waals surface area contributed by atoms with E-state index in [-0.39, 0.29) is 6.04 Å². The lowest BCUT2D eigenvalue weighted by atomic mass is 9.74. The molecule has 2 aromatic rings. The van der Waals surface area contributed by atoms with Crippen LogP contribution in [0, 0.1) is 0 Å². The summed E-state index contributed by atoms with van der Waals surface area (Å²) in [6, 6.07) is 13.0. The number of benzene rings is 2. The van der Waals surface area contributed by atoms with Crippen LogP contribution in [-0.4, -0.2) is 6.04 Å². The van der Waals surface area contributed by atoms with Crippen molar-refractivity contribution in [2.75, 3.05) is 0 Å². The van der Waals surface area contributed by atoms with Crippen molar-refractivity contribution >= 4 is 16.3 Å². The average molecular weight is 287 g/mol. The number of allylic oxidation sites excluding steroid dienone is 2. The van der Waals surface area contributed by atoms with Gasteiger partial charge in [0.1, 0.15) is 0 Å². The third kappa shape index (κ3) is 1.87. The van der Waals surface area contributed by atoms with Crippen molar-refractivity contribution in [1.82, 2.24) is 0 Å². The molecule has 108 valence electrons. The fourth-order valence-corrected chi connectivity index (χ4v) is 3.86. The van der Waals surface area contributed by atoms with Gasteiger partial charge in [-0.05, 0) is 51.4 Å². The Morgan fingerprint density at radius 3 is 2.91 bits per heavy atom. The first kappa shape index (κ1) is 13.2. The average Bonchev–Trinajstić information content (AvgIpc) is 2.55. The van der Waals surface area contributed by atoms with Crippen LogP contribution in [0.2, 0.25) is 0 Å². The second kappa shape index (κ2) is 5.04. The molecule has 0 bridgehead atoms. The van der Waals surface area contributed by atoms with E-state index in [2.05, 4.69) is 65.5 Å². The van der Waals surface area contributed by atoms with E-state index in [1.54, 1.807) is 0 Å². The molecule has 0 heterocycles. The van der Waals surface area contributed by atoms with E-state index in [0.29, 0.717) is 5.92 Å². The van der Waals surface area contributed by atoms with E-state index in [4.69, 9.17) is 5.53 Å². The summed E-state index contributed by atoms with van der Waals surface area (Å²) in [5.41, 5.74) is 14.0. The maximum absolute atomic E-state index is 8.82. The first-order valence-corrected chi connectivity index (χ1v) is 7.78. The zero-order valence-electron chi connectivity index (χ0n) is 12.5. The standard InChI is InChI=1S/C19H17N3/c1-12-11-17-15(7-4-8-18(17)21-22-20)16-10-9-13-5-2-3-6-14(13)19(12)16/h2-3,5-7,9-12,18H,4,8H2,1H3. The van der Waals surface area contributed by atoms with Gasteiger partial charge in [0.15, 0.2) is 0 Å². The maximum Gasteiger partial charge on any atom is 0.0631 e. The van der Waals surface area contributed by atoms with Crippen molar-refractivity contribution in [3.63, 3.8) is 0 Å². The van der Waals surface area contributed by atoms with Crippen LogP contribution in [0.3, 0.4) is 0 Å². The number of rotatable bonds is 1. The van der Waals surface area contributed by atoms with E-state index in [1.165, 1.54) is 33.0 Å². The molecule has 0 spiro atoms. The van der Waals surface area contributed by atoms with Gasteiger partial charge in [-0.15, -0.1) is 0 Å². The highest BCUT2D eigenvalue weighted by Gasteiger charge is 2.29. The highest BCUT2D eigenvalue weighted by molar-refractivity contribution is 5.96. The Kier molecular flexibility index (Phi) is 3.02. The Hall–Kier alpha value is -2.51. The minimum absolute atomic E-state index is 0.0212. The van der Waals surface area contributed by atoms with Crippen LogP contribution in [0.4, 0.5) is 0 Å². The molecule has 0 aromatic heterocycles. The highest BCUT2D eigenvalue weighted by Crippen LogP contribution is 2.45. The molecular weight excluding hydrogens is 270 g/mol. The van der Waals surface area contributed by atoms with E-state index in [0.717, 1.165) is 12.8 Å². The smallest absolute Gasteiger partial charge is 0.0631 e. The summed E-state index contributed by atoms with van der Waals surface area (Å²) in [5.74, 6) is 0.336. The van der Waals surface area contributed by atoms with Crippen LogP contribution in [0.25, 0.3) is 26.8 Å². The van der Waals surface area contributed by atoms with E-state index in [1.807, 2.05) is 0 Å². The van der Waals surface area contributed by atoms with Crippen molar-refractivity contribution in [2.24, 2.45) is 5.11 Å². The lowest BCUT2D eigenvalue weighted by Gasteiger charge is -2.32. The first-order chi connectivity index (χ1) is 10.8. The normalized spacial score (nSPS) is 23.0. The van der Waals surface area contributed by atoms with Gasteiger partial charge in [0, 0.05) is 10.8 Å². The summed E-state index contributed by atoms with van der Waals surface area (Å²) in [4.78, 5) is 3.04. The summed E-state index contributed by atoms with van der Waals surface area (Å²) < 4.78 is 0. The van der Waals surface area contributed by atoms with Crippen molar-refractivity contribution in [1.29, 1.82) is 0 Å². The topological polar surface area (TPSA) is 48.8 Å². The highest BCUT2D eigenvalue weighted by atomic mass is 15.1. The quantitative estimate of drug-likeness (QED) is 0.365. The van der Waals surface area contributed by atoms with Crippen LogP contribution in [0.1, 0.15) is 36.8 Å². The Morgan fingerprint density at radius 1 is 1.18 bits per heavy atom. The molecule has 2 unspecified atom stereocenters. The fourth-order valence-electron chi connectivity index (χ4n) is 3.86. The fraction of sp³-hybridized carbons (Fsp3) is 0.263. The third-order valence-corrected chi connectivity index (χ3v) is 4.80. The van der Waals surface area contributed by atoms with Crippen LogP contribution < -0.4 is 0 Å². The van der Waals surface area contributed by atoms with Crippen LogP contribution in [-0.2, 0) is 0 Å². The van der Waals surface area contributed by atoms with Gasteiger partial charge in [-0.3, -0.25) is 0 Å². The maximum atomic E-state index is 8.82. The lowest BCUT2D eigenvalue weighted by Crippen LogP contribution is -2.18. The van der Waals surface area contributed by atoms with Gasteiger partial charge in [-0.25, -0.2) is 0 Å². The monoisotopic (exact) mass is 287 g/mol. The predicted molar refractivity (Wildman–Crippen MR) is 90.6 cm³/mol. The molecular formula is C19H17N3. The van der Waals surface area contributed by atoms with Crippen LogP contribution >= 0.6 is 0 Å². The van der Waals surface area contributed by atoms with Crippen molar-refractivity contribution in [3.05, 3.63) is 75.7 Å². The van der Waals surface area contributed by atoms with Crippen molar-refractivity contribution in [2.45, 2.75) is 31.7 Å². The first-order valence-electron chi connectivity index (χ1n) is 7.78. The SMILES string of the molecule is CC1C=C2C(=CCCC2N=[N+]=[N-])c2ccc3ccccc3c21. The second-order valence-electron chi connectivity index (χ2n) is 6.07. The largest absolute Gasteiger partial charge is 0.0859 e. The van der Waals surface area contributed by atoms with Gasteiger partial charge in [0.2, 0.25) is 0 Å². The van der Waals surface area contributed by atoms with E-state index < -0.39 is 0 Å². The molecule has 2 atom stereocenters. The van der Waals surface area contributed by atoms with Gasteiger partial charge in [-0.1, -0.05) is 60.6 Å². The Labute approximate surface area is 129 Å². The molecule has 0 amide bonds. The molecule has 3 heteroatoms. The summed E-state index contributed by atoms with van der Waals surface area (Å²) in [6.45, 7) is 2.23. The molecule has 0 N–H and O–H groups in total. The summed E-state index contributed by atoms with van der Waals surface area (Å²) in [5, 5.41) is 6.62. The Morgan fingerprint density at radius 2 is 2.05 bits per heavy atom. The summed E-state index contributed by atoms with van der Waals surface area (Å²) >= 11 is 0. The number of fused-ring (bicyclic) bond motifs is 5. The van der Waals surface area contributed by atoms with Crippen molar-refractivity contribution in [3.8, 4) is 0 Å². The number of nitrogens with zero attached hydrogens (tertiary/aromatic N) is 3. The molecule has 0 aliphatic heterocycles. The zero-order chi connectivity index (χ0) is 15.1.